The summed E-state index contributed by atoms with van der Waals surface area (Å²) in [5.74, 6) is 0.140. The molecule has 2 rings (SSSR count). The molecule has 0 saturated heterocycles. The van der Waals surface area contributed by atoms with Gasteiger partial charge in [0, 0.05) is 18.3 Å². The molecule has 1 aromatic carbocycles. The second-order valence-corrected chi connectivity index (χ2v) is 4.18. The van der Waals surface area contributed by atoms with Gasteiger partial charge in [0.25, 0.3) is 0 Å². The Hall–Kier alpha value is -2.20. The third-order valence-electron chi connectivity index (χ3n) is 2.75. The Morgan fingerprint density at radius 2 is 1.94 bits per heavy atom. The summed E-state index contributed by atoms with van der Waals surface area (Å²) in [5.41, 5.74) is 14.2. The fraction of sp³-hybridized carbons (Fsp3) is 0.143. The van der Waals surface area contributed by atoms with Crippen LogP contribution in [0.15, 0.2) is 36.5 Å². The van der Waals surface area contributed by atoms with Crippen molar-refractivity contribution in [2.75, 3.05) is 5.73 Å². The predicted octanol–water partition coefficient (Wildman–Crippen LogP) is 1.66. The summed E-state index contributed by atoms with van der Waals surface area (Å²) in [4.78, 5) is 16.3. The summed E-state index contributed by atoms with van der Waals surface area (Å²) in [6, 6.07) is 8.94. The molecule has 0 fully saturated rings. The van der Waals surface area contributed by atoms with Crippen LogP contribution in [0.25, 0.3) is 0 Å². The van der Waals surface area contributed by atoms with Crippen molar-refractivity contribution >= 4 is 11.6 Å². The minimum Gasteiger partial charge on any atom is -0.383 e. The van der Waals surface area contributed by atoms with Crippen LogP contribution in [-0.4, -0.2) is 10.8 Å². The summed E-state index contributed by atoms with van der Waals surface area (Å²) in [5, 5.41) is 0. The number of aromatic nitrogens is 1. The predicted molar refractivity (Wildman–Crippen MR) is 71.2 cm³/mol. The zero-order valence-electron chi connectivity index (χ0n) is 10.2. The van der Waals surface area contributed by atoms with E-state index in [9.17, 15) is 4.79 Å². The molecule has 0 unspecified atom stereocenters. The van der Waals surface area contributed by atoms with Gasteiger partial charge < -0.3 is 11.5 Å². The van der Waals surface area contributed by atoms with Crippen LogP contribution in [0.2, 0.25) is 0 Å². The highest BCUT2D eigenvalue weighted by Crippen LogP contribution is 2.16. The molecule has 0 radical (unpaired) electrons. The molecule has 0 aliphatic rings. The lowest BCUT2D eigenvalue weighted by Crippen LogP contribution is -2.08. The van der Waals surface area contributed by atoms with E-state index in [4.69, 9.17) is 11.5 Å². The van der Waals surface area contributed by atoms with Crippen molar-refractivity contribution in [1.29, 1.82) is 0 Å². The maximum Gasteiger partial charge on any atom is 0.196 e. The van der Waals surface area contributed by atoms with Gasteiger partial charge in [0.05, 0.1) is 5.56 Å². The van der Waals surface area contributed by atoms with Crippen molar-refractivity contribution in [2.24, 2.45) is 5.73 Å². The quantitative estimate of drug-likeness (QED) is 0.801. The number of aryl methyl sites for hydroxylation is 1. The number of rotatable bonds is 3. The minimum absolute atomic E-state index is 0.118. The SMILES string of the molecule is Cc1cnc(N)c(C(=O)c2ccc(CN)cc2)c1. The topological polar surface area (TPSA) is 82.0 Å². The fourth-order valence-electron chi connectivity index (χ4n) is 1.71. The number of nitrogens with zero attached hydrogens (tertiary/aromatic N) is 1. The molecule has 2 aromatic rings. The number of nitrogen functional groups attached to an aromatic ring is 1. The smallest absolute Gasteiger partial charge is 0.196 e. The number of pyridine rings is 1. The lowest BCUT2D eigenvalue weighted by atomic mass is 10.0. The third-order valence-corrected chi connectivity index (χ3v) is 2.75. The van der Waals surface area contributed by atoms with Crippen molar-refractivity contribution < 1.29 is 4.79 Å². The average molecular weight is 241 g/mol. The first kappa shape index (κ1) is 12.3. The van der Waals surface area contributed by atoms with Gasteiger partial charge in [-0.2, -0.15) is 0 Å². The van der Waals surface area contributed by atoms with Gasteiger partial charge in [-0.05, 0) is 24.1 Å². The highest BCUT2D eigenvalue weighted by atomic mass is 16.1. The Morgan fingerprint density at radius 3 is 2.56 bits per heavy atom. The average Bonchev–Trinajstić information content (AvgIpc) is 2.41. The number of anilines is 1. The number of carbonyl (C=O) groups excluding carboxylic acids is 1. The summed E-state index contributed by atoms with van der Waals surface area (Å²) in [6.45, 7) is 2.34. The second-order valence-electron chi connectivity index (χ2n) is 4.18. The molecule has 0 aliphatic heterocycles. The van der Waals surface area contributed by atoms with E-state index in [1.807, 2.05) is 19.1 Å². The largest absolute Gasteiger partial charge is 0.383 e. The summed E-state index contributed by atoms with van der Waals surface area (Å²) < 4.78 is 0. The van der Waals surface area contributed by atoms with Crippen molar-refractivity contribution in [1.82, 2.24) is 4.98 Å². The molecule has 92 valence electrons. The fourth-order valence-corrected chi connectivity index (χ4v) is 1.71. The highest BCUT2D eigenvalue weighted by Gasteiger charge is 2.13. The van der Waals surface area contributed by atoms with Crippen LogP contribution in [0.5, 0.6) is 0 Å². The molecule has 0 amide bonds. The van der Waals surface area contributed by atoms with E-state index in [1.54, 1.807) is 24.4 Å². The molecule has 0 saturated carbocycles. The van der Waals surface area contributed by atoms with Crippen LogP contribution >= 0.6 is 0 Å². The van der Waals surface area contributed by atoms with Crippen LogP contribution < -0.4 is 11.5 Å². The summed E-state index contributed by atoms with van der Waals surface area (Å²) in [6.07, 6.45) is 1.64. The molecule has 0 aliphatic carbocycles. The Kier molecular flexibility index (Phi) is 3.39. The van der Waals surface area contributed by atoms with Gasteiger partial charge in [-0.1, -0.05) is 24.3 Å². The molecule has 18 heavy (non-hydrogen) atoms. The molecule has 4 nitrogen and oxygen atoms in total. The molecular formula is C14H15N3O. The van der Waals surface area contributed by atoms with E-state index in [1.165, 1.54) is 0 Å². The van der Waals surface area contributed by atoms with Gasteiger partial charge >= 0.3 is 0 Å². The number of carbonyl (C=O) groups is 1. The van der Waals surface area contributed by atoms with Gasteiger partial charge in [-0.25, -0.2) is 4.98 Å². The summed E-state index contributed by atoms with van der Waals surface area (Å²) in [7, 11) is 0. The van der Waals surface area contributed by atoms with Crippen molar-refractivity contribution in [2.45, 2.75) is 13.5 Å². The first-order valence-electron chi connectivity index (χ1n) is 5.67. The highest BCUT2D eigenvalue weighted by molar-refractivity contribution is 6.11. The number of hydrogen-bond acceptors (Lipinski definition) is 4. The van der Waals surface area contributed by atoms with E-state index < -0.39 is 0 Å². The van der Waals surface area contributed by atoms with E-state index in [0.717, 1.165) is 11.1 Å². The van der Waals surface area contributed by atoms with Gasteiger partial charge in [0.2, 0.25) is 0 Å². The number of ketones is 1. The Bertz CT molecular complexity index is 576. The van der Waals surface area contributed by atoms with Gasteiger partial charge in [-0.15, -0.1) is 0 Å². The van der Waals surface area contributed by atoms with E-state index in [0.29, 0.717) is 17.7 Å². The van der Waals surface area contributed by atoms with Crippen LogP contribution in [-0.2, 0) is 6.54 Å². The normalized spacial score (nSPS) is 10.3. The molecule has 0 bridgehead atoms. The molecule has 1 heterocycles. The number of benzene rings is 1. The van der Waals surface area contributed by atoms with E-state index in [2.05, 4.69) is 4.98 Å². The maximum atomic E-state index is 12.3. The molecule has 0 atom stereocenters. The Balaban J connectivity index is 2.38. The minimum atomic E-state index is -0.118. The molecule has 4 heteroatoms. The molecule has 1 aromatic heterocycles. The van der Waals surface area contributed by atoms with Crippen LogP contribution in [0.1, 0.15) is 27.0 Å². The first-order valence-corrected chi connectivity index (χ1v) is 5.67. The number of hydrogen-bond donors (Lipinski definition) is 2. The van der Waals surface area contributed by atoms with Crippen LogP contribution in [0, 0.1) is 6.92 Å². The van der Waals surface area contributed by atoms with Crippen LogP contribution in [0.3, 0.4) is 0 Å². The zero-order chi connectivity index (χ0) is 13.1. The van der Waals surface area contributed by atoms with E-state index in [-0.39, 0.29) is 11.6 Å². The first-order chi connectivity index (χ1) is 8.61. The third kappa shape index (κ3) is 2.38. The van der Waals surface area contributed by atoms with Gasteiger partial charge in [0.1, 0.15) is 5.82 Å². The molecule has 4 N–H and O–H groups in total. The lowest BCUT2D eigenvalue weighted by Gasteiger charge is -2.06. The van der Waals surface area contributed by atoms with Crippen molar-refractivity contribution in [3.05, 3.63) is 58.8 Å². The summed E-state index contributed by atoms with van der Waals surface area (Å²) >= 11 is 0. The van der Waals surface area contributed by atoms with Gasteiger partial charge in [0.15, 0.2) is 5.78 Å². The monoisotopic (exact) mass is 241 g/mol. The Morgan fingerprint density at radius 1 is 1.28 bits per heavy atom. The lowest BCUT2D eigenvalue weighted by molar-refractivity contribution is 0.103. The van der Waals surface area contributed by atoms with Gasteiger partial charge in [-0.3, -0.25) is 4.79 Å². The number of nitrogens with two attached hydrogens (primary N) is 2. The molecular weight excluding hydrogens is 226 g/mol. The second kappa shape index (κ2) is 4.98. The molecule has 0 spiro atoms. The van der Waals surface area contributed by atoms with Crippen molar-refractivity contribution in [3.63, 3.8) is 0 Å². The standard InChI is InChI=1S/C14H15N3O/c1-9-6-12(14(16)17-8-9)13(18)11-4-2-10(7-15)3-5-11/h2-6,8H,7,15H2,1H3,(H2,16,17). The van der Waals surface area contributed by atoms with Crippen molar-refractivity contribution in [3.8, 4) is 0 Å². The van der Waals surface area contributed by atoms with Crippen LogP contribution in [0.4, 0.5) is 5.82 Å². The van der Waals surface area contributed by atoms with E-state index >= 15 is 0 Å². The Labute approximate surface area is 106 Å². The maximum absolute atomic E-state index is 12.3. The zero-order valence-corrected chi connectivity index (χ0v) is 10.2.